The van der Waals surface area contributed by atoms with Crippen LogP contribution in [0.3, 0.4) is 0 Å². The monoisotopic (exact) mass is 214 g/mol. The van der Waals surface area contributed by atoms with Crippen LogP contribution in [0.2, 0.25) is 0 Å². The lowest BCUT2D eigenvalue weighted by Gasteiger charge is -2.42. The van der Waals surface area contributed by atoms with Gasteiger partial charge < -0.3 is 10.1 Å². The summed E-state index contributed by atoms with van der Waals surface area (Å²) in [5.74, 6) is 0.739. The smallest absolute Gasteiger partial charge is 0.0645 e. The molecule has 0 aromatic heterocycles. The maximum absolute atomic E-state index is 5.50. The molecule has 1 fully saturated rings. The number of hydrogen-bond donors (Lipinski definition) is 1. The van der Waals surface area contributed by atoms with Crippen molar-refractivity contribution in [3.05, 3.63) is 0 Å². The number of nitrogens with one attached hydrogen (secondary N) is 1. The van der Waals surface area contributed by atoms with E-state index in [9.17, 15) is 0 Å². The van der Waals surface area contributed by atoms with Crippen molar-refractivity contribution in [3.63, 3.8) is 0 Å². The van der Waals surface area contributed by atoms with Crippen molar-refractivity contribution < 1.29 is 4.74 Å². The zero-order valence-corrected chi connectivity index (χ0v) is 10.7. The average Bonchev–Trinajstić information content (AvgIpc) is 2.13. The second-order valence-corrected chi connectivity index (χ2v) is 5.45. The van der Waals surface area contributed by atoms with E-state index in [4.69, 9.17) is 4.74 Å². The molecular weight excluding hydrogens is 188 g/mol. The van der Waals surface area contributed by atoms with E-state index in [2.05, 4.69) is 37.9 Å². The molecule has 1 aliphatic rings. The van der Waals surface area contributed by atoms with Gasteiger partial charge in [0.25, 0.3) is 0 Å². The minimum atomic E-state index is 0.206. The van der Waals surface area contributed by atoms with E-state index < -0.39 is 0 Å². The molecule has 0 aromatic carbocycles. The Kier molecular flexibility index (Phi) is 5.03. The molecule has 1 saturated heterocycles. The van der Waals surface area contributed by atoms with E-state index in [1.54, 1.807) is 0 Å². The molecule has 1 aliphatic heterocycles. The summed E-state index contributed by atoms with van der Waals surface area (Å²) in [6.45, 7) is 15.1. The van der Waals surface area contributed by atoms with E-state index >= 15 is 0 Å². The SMILES string of the molecule is CC(C)CNCCN1CCOCC1(C)C. The van der Waals surface area contributed by atoms with Crippen LogP contribution in [0, 0.1) is 5.92 Å². The molecule has 0 atom stereocenters. The molecule has 15 heavy (non-hydrogen) atoms. The Morgan fingerprint density at radius 2 is 2.13 bits per heavy atom. The van der Waals surface area contributed by atoms with Gasteiger partial charge in [-0.2, -0.15) is 0 Å². The zero-order chi connectivity index (χ0) is 11.3. The summed E-state index contributed by atoms with van der Waals surface area (Å²) >= 11 is 0. The normalized spacial score (nSPS) is 22.2. The first kappa shape index (κ1) is 12.9. The quantitative estimate of drug-likeness (QED) is 0.699. The fraction of sp³-hybridized carbons (Fsp3) is 1.00. The zero-order valence-electron chi connectivity index (χ0n) is 10.7. The Labute approximate surface area is 94.2 Å². The largest absolute Gasteiger partial charge is 0.378 e. The van der Waals surface area contributed by atoms with E-state index in [0.717, 1.165) is 45.3 Å². The van der Waals surface area contributed by atoms with Crippen LogP contribution in [-0.4, -0.2) is 49.8 Å². The summed E-state index contributed by atoms with van der Waals surface area (Å²) in [6.07, 6.45) is 0. The highest BCUT2D eigenvalue weighted by Gasteiger charge is 2.29. The second kappa shape index (κ2) is 5.83. The molecule has 0 spiro atoms. The molecule has 90 valence electrons. The lowest BCUT2D eigenvalue weighted by atomic mass is 10.0. The second-order valence-electron chi connectivity index (χ2n) is 5.45. The Morgan fingerprint density at radius 3 is 2.73 bits per heavy atom. The standard InChI is InChI=1S/C12H26N2O/c1-11(2)9-13-5-6-14-7-8-15-10-12(14,3)4/h11,13H,5-10H2,1-4H3. The van der Waals surface area contributed by atoms with Crippen LogP contribution in [0.25, 0.3) is 0 Å². The van der Waals surface area contributed by atoms with Crippen molar-refractivity contribution in [3.8, 4) is 0 Å². The van der Waals surface area contributed by atoms with Crippen molar-refractivity contribution in [1.82, 2.24) is 10.2 Å². The van der Waals surface area contributed by atoms with Crippen molar-refractivity contribution in [2.24, 2.45) is 5.92 Å². The molecule has 0 aliphatic carbocycles. The fourth-order valence-corrected chi connectivity index (χ4v) is 1.91. The van der Waals surface area contributed by atoms with Crippen LogP contribution in [0.15, 0.2) is 0 Å². The molecule has 1 heterocycles. The molecule has 0 bridgehead atoms. The predicted molar refractivity (Wildman–Crippen MR) is 64.2 cm³/mol. The Bertz CT molecular complexity index is 180. The minimum absolute atomic E-state index is 0.206. The molecule has 0 saturated carbocycles. The highest BCUT2D eigenvalue weighted by atomic mass is 16.5. The van der Waals surface area contributed by atoms with Crippen LogP contribution in [-0.2, 0) is 4.74 Å². The van der Waals surface area contributed by atoms with Gasteiger partial charge in [0.05, 0.1) is 13.2 Å². The first-order chi connectivity index (χ1) is 7.02. The maximum Gasteiger partial charge on any atom is 0.0645 e. The third kappa shape index (κ3) is 4.49. The third-order valence-corrected chi connectivity index (χ3v) is 2.93. The van der Waals surface area contributed by atoms with E-state index in [-0.39, 0.29) is 5.54 Å². The summed E-state index contributed by atoms with van der Waals surface area (Å²) in [5, 5.41) is 3.49. The molecule has 3 nitrogen and oxygen atoms in total. The average molecular weight is 214 g/mol. The molecule has 1 N–H and O–H groups in total. The summed E-state index contributed by atoms with van der Waals surface area (Å²) in [7, 11) is 0. The molecule has 0 aromatic rings. The third-order valence-electron chi connectivity index (χ3n) is 2.93. The van der Waals surface area contributed by atoms with Crippen LogP contribution in [0.5, 0.6) is 0 Å². The van der Waals surface area contributed by atoms with Gasteiger partial charge >= 0.3 is 0 Å². The number of morpholine rings is 1. The first-order valence-electron chi connectivity index (χ1n) is 6.06. The highest BCUT2D eigenvalue weighted by Crippen LogP contribution is 2.17. The van der Waals surface area contributed by atoms with Crippen molar-refractivity contribution in [1.29, 1.82) is 0 Å². The summed E-state index contributed by atoms with van der Waals surface area (Å²) in [6, 6.07) is 0. The van der Waals surface area contributed by atoms with Gasteiger partial charge in [0, 0.05) is 25.2 Å². The Balaban J connectivity index is 2.19. The number of rotatable bonds is 5. The molecule has 1 rings (SSSR count). The van der Waals surface area contributed by atoms with Crippen LogP contribution >= 0.6 is 0 Å². The molecule has 0 unspecified atom stereocenters. The summed E-state index contributed by atoms with van der Waals surface area (Å²) < 4.78 is 5.50. The summed E-state index contributed by atoms with van der Waals surface area (Å²) in [4.78, 5) is 2.52. The molecular formula is C12H26N2O. The first-order valence-corrected chi connectivity index (χ1v) is 6.06. The van der Waals surface area contributed by atoms with Crippen molar-refractivity contribution in [2.45, 2.75) is 33.2 Å². The fourth-order valence-electron chi connectivity index (χ4n) is 1.91. The molecule has 0 radical (unpaired) electrons. The van der Waals surface area contributed by atoms with Crippen LogP contribution in [0.4, 0.5) is 0 Å². The van der Waals surface area contributed by atoms with Gasteiger partial charge in [0.2, 0.25) is 0 Å². The van der Waals surface area contributed by atoms with Crippen LogP contribution in [0.1, 0.15) is 27.7 Å². The van der Waals surface area contributed by atoms with Gasteiger partial charge in [-0.3, -0.25) is 4.90 Å². The predicted octanol–water partition coefficient (Wildman–Crippen LogP) is 1.34. The molecule has 3 heteroatoms. The lowest BCUT2D eigenvalue weighted by Crippen LogP contribution is -2.54. The van der Waals surface area contributed by atoms with Gasteiger partial charge in [0.1, 0.15) is 0 Å². The van der Waals surface area contributed by atoms with E-state index in [1.165, 1.54) is 0 Å². The number of nitrogens with zero attached hydrogens (tertiary/aromatic N) is 1. The van der Waals surface area contributed by atoms with Gasteiger partial charge in [-0.1, -0.05) is 13.8 Å². The topological polar surface area (TPSA) is 24.5 Å². The lowest BCUT2D eigenvalue weighted by molar-refractivity contribution is -0.0500. The number of ether oxygens (including phenoxy) is 1. The maximum atomic E-state index is 5.50. The Morgan fingerprint density at radius 1 is 1.40 bits per heavy atom. The molecule has 0 amide bonds. The highest BCUT2D eigenvalue weighted by molar-refractivity contribution is 4.84. The van der Waals surface area contributed by atoms with Gasteiger partial charge in [0.15, 0.2) is 0 Å². The van der Waals surface area contributed by atoms with Crippen molar-refractivity contribution in [2.75, 3.05) is 39.4 Å². The van der Waals surface area contributed by atoms with Gasteiger partial charge in [-0.25, -0.2) is 0 Å². The van der Waals surface area contributed by atoms with Crippen molar-refractivity contribution >= 4 is 0 Å². The van der Waals surface area contributed by atoms with Gasteiger partial charge in [-0.15, -0.1) is 0 Å². The van der Waals surface area contributed by atoms with E-state index in [1.807, 2.05) is 0 Å². The number of hydrogen-bond acceptors (Lipinski definition) is 3. The minimum Gasteiger partial charge on any atom is -0.378 e. The van der Waals surface area contributed by atoms with Gasteiger partial charge in [-0.05, 0) is 26.3 Å². The van der Waals surface area contributed by atoms with E-state index in [0.29, 0.717) is 0 Å². The summed E-state index contributed by atoms with van der Waals surface area (Å²) in [5.41, 5.74) is 0.206. The Hall–Kier alpha value is -0.120. The van der Waals surface area contributed by atoms with Crippen LogP contribution < -0.4 is 5.32 Å².